The van der Waals surface area contributed by atoms with Gasteiger partial charge in [0.15, 0.2) is 0 Å². The number of likely N-dealkylation sites (tertiary alicyclic amines) is 1. The average Bonchev–Trinajstić information content (AvgIpc) is 2.95. The minimum atomic E-state index is -0.451. The molecule has 22 heavy (non-hydrogen) atoms. The number of halogens is 1. The summed E-state index contributed by atoms with van der Waals surface area (Å²) in [5, 5.41) is 0. The van der Waals surface area contributed by atoms with Crippen LogP contribution in [0.3, 0.4) is 0 Å². The van der Waals surface area contributed by atoms with Gasteiger partial charge in [0.05, 0.1) is 0 Å². The van der Waals surface area contributed by atoms with E-state index < -0.39 is 5.97 Å². The summed E-state index contributed by atoms with van der Waals surface area (Å²) in [6.07, 6.45) is 0.975. The minimum Gasteiger partial charge on any atom is -0.428 e. The van der Waals surface area contributed by atoms with Gasteiger partial charge >= 0.3 is 11.9 Å². The van der Waals surface area contributed by atoms with Gasteiger partial charge in [-0.1, -0.05) is 52.9 Å². The molecule has 2 rings (SSSR count). The number of hydrogen-bond acceptors (Lipinski definition) is 5. The average molecular weight is 417 g/mol. The lowest BCUT2D eigenvalue weighted by atomic mass is 10.1. The van der Waals surface area contributed by atoms with Gasteiger partial charge in [-0.2, -0.15) is 0 Å². The van der Waals surface area contributed by atoms with E-state index >= 15 is 0 Å². The Kier molecular flexibility index (Phi) is 6.63. The van der Waals surface area contributed by atoms with Crippen molar-refractivity contribution in [1.29, 1.82) is 0 Å². The highest BCUT2D eigenvalue weighted by molar-refractivity contribution is 14.1. The summed E-state index contributed by atoms with van der Waals surface area (Å²) < 4.78 is 9.39. The van der Waals surface area contributed by atoms with Gasteiger partial charge in [0.25, 0.3) is 0 Å². The van der Waals surface area contributed by atoms with Gasteiger partial charge in [0.2, 0.25) is 6.79 Å². The van der Waals surface area contributed by atoms with E-state index in [1.54, 1.807) is 0 Å². The molecule has 0 radical (unpaired) electrons. The first-order chi connectivity index (χ1) is 10.6. The molecule has 0 aromatic heterocycles. The number of benzene rings is 1. The lowest BCUT2D eigenvalue weighted by molar-refractivity contribution is -0.165. The molecule has 0 N–H and O–H groups in total. The van der Waals surface area contributed by atoms with Gasteiger partial charge < -0.3 is 9.47 Å². The van der Waals surface area contributed by atoms with Crippen molar-refractivity contribution in [2.75, 3.05) is 19.9 Å². The largest absolute Gasteiger partial charge is 0.428 e. The summed E-state index contributed by atoms with van der Waals surface area (Å²) in [5.74, 6) is -0.490. The third-order valence-corrected chi connectivity index (χ3v) is 5.19. The summed E-state index contributed by atoms with van der Waals surface area (Å²) >= 11 is 2.13. The van der Waals surface area contributed by atoms with Crippen LogP contribution in [-0.2, 0) is 25.6 Å². The molecule has 1 fully saturated rings. The second-order valence-corrected chi connectivity index (χ2v) is 6.73. The predicted octanol–water partition coefficient (Wildman–Crippen LogP) is 2.38. The fraction of sp³-hybridized carbons (Fsp3) is 0.500. The van der Waals surface area contributed by atoms with E-state index in [1.807, 2.05) is 18.2 Å². The zero-order valence-electron chi connectivity index (χ0n) is 12.5. The lowest BCUT2D eigenvalue weighted by Crippen LogP contribution is -2.29. The molecule has 6 heteroatoms. The SMILES string of the molecule is CC(=O)OCOC(=O)C(I)C1CCN(Cc2ccccc2)C1. The van der Waals surface area contributed by atoms with Crippen LogP contribution in [0, 0.1) is 5.92 Å². The number of rotatable bonds is 6. The van der Waals surface area contributed by atoms with Crippen LogP contribution in [0.15, 0.2) is 30.3 Å². The van der Waals surface area contributed by atoms with Crippen molar-refractivity contribution in [3.8, 4) is 0 Å². The Morgan fingerprint density at radius 3 is 2.73 bits per heavy atom. The molecule has 1 saturated heterocycles. The Balaban J connectivity index is 1.76. The third-order valence-electron chi connectivity index (χ3n) is 3.66. The third kappa shape index (κ3) is 5.24. The predicted molar refractivity (Wildman–Crippen MR) is 90.4 cm³/mol. The molecular formula is C16H20INO4. The molecule has 0 saturated carbocycles. The highest BCUT2D eigenvalue weighted by Crippen LogP contribution is 2.27. The molecule has 2 unspecified atom stereocenters. The molecular weight excluding hydrogens is 397 g/mol. The van der Waals surface area contributed by atoms with Gasteiger partial charge in [-0.25, -0.2) is 0 Å². The number of carbonyl (C=O) groups is 2. The van der Waals surface area contributed by atoms with Crippen molar-refractivity contribution in [1.82, 2.24) is 4.90 Å². The van der Waals surface area contributed by atoms with E-state index in [2.05, 4.69) is 44.4 Å². The number of esters is 2. The number of carbonyl (C=O) groups excluding carboxylic acids is 2. The van der Waals surface area contributed by atoms with E-state index in [0.29, 0.717) is 0 Å². The van der Waals surface area contributed by atoms with Crippen molar-refractivity contribution in [3.63, 3.8) is 0 Å². The van der Waals surface area contributed by atoms with Crippen LogP contribution in [0.4, 0.5) is 0 Å². The van der Waals surface area contributed by atoms with Crippen LogP contribution in [0.2, 0.25) is 0 Å². The van der Waals surface area contributed by atoms with Gasteiger partial charge in [-0.15, -0.1) is 0 Å². The second-order valence-electron chi connectivity index (χ2n) is 5.39. The van der Waals surface area contributed by atoms with Crippen LogP contribution in [0.25, 0.3) is 0 Å². The first-order valence-electron chi connectivity index (χ1n) is 7.26. The molecule has 0 bridgehead atoms. The quantitative estimate of drug-likeness (QED) is 0.308. The molecule has 1 heterocycles. The fourth-order valence-electron chi connectivity index (χ4n) is 2.53. The molecule has 5 nitrogen and oxygen atoms in total. The Morgan fingerprint density at radius 2 is 2.05 bits per heavy atom. The van der Waals surface area contributed by atoms with Crippen LogP contribution in [0.5, 0.6) is 0 Å². The monoisotopic (exact) mass is 417 g/mol. The second kappa shape index (κ2) is 8.47. The number of hydrogen-bond donors (Lipinski definition) is 0. The molecule has 2 atom stereocenters. The maximum Gasteiger partial charge on any atom is 0.322 e. The first-order valence-corrected chi connectivity index (χ1v) is 8.51. The summed E-state index contributed by atoms with van der Waals surface area (Å²) in [7, 11) is 0. The number of ether oxygens (including phenoxy) is 2. The highest BCUT2D eigenvalue weighted by Gasteiger charge is 2.33. The van der Waals surface area contributed by atoms with Crippen LogP contribution >= 0.6 is 22.6 Å². The summed E-state index contributed by atoms with van der Waals surface area (Å²) in [6.45, 7) is 3.76. The normalized spacial score (nSPS) is 19.6. The Hall–Kier alpha value is -1.15. The first kappa shape index (κ1) is 17.2. The van der Waals surface area contributed by atoms with Crippen molar-refractivity contribution in [3.05, 3.63) is 35.9 Å². The smallest absolute Gasteiger partial charge is 0.322 e. The van der Waals surface area contributed by atoms with Crippen LogP contribution in [0.1, 0.15) is 18.9 Å². The zero-order chi connectivity index (χ0) is 15.9. The van der Waals surface area contributed by atoms with Gasteiger partial charge in [-0.3, -0.25) is 14.5 Å². The van der Waals surface area contributed by atoms with E-state index in [-0.39, 0.29) is 22.6 Å². The molecule has 0 spiro atoms. The summed E-state index contributed by atoms with van der Waals surface area (Å²) in [6, 6.07) is 10.3. The minimum absolute atomic E-state index is 0.214. The molecule has 120 valence electrons. The molecule has 0 amide bonds. The molecule has 1 aliphatic heterocycles. The maximum atomic E-state index is 11.9. The molecule has 0 aliphatic carbocycles. The van der Waals surface area contributed by atoms with Gasteiger partial charge in [-0.05, 0) is 24.4 Å². The highest BCUT2D eigenvalue weighted by atomic mass is 127. The van der Waals surface area contributed by atoms with E-state index in [0.717, 1.165) is 26.1 Å². The van der Waals surface area contributed by atoms with Gasteiger partial charge in [0, 0.05) is 20.0 Å². The Bertz CT molecular complexity index is 508. The van der Waals surface area contributed by atoms with Crippen LogP contribution < -0.4 is 0 Å². The van der Waals surface area contributed by atoms with Crippen molar-refractivity contribution in [2.45, 2.75) is 23.8 Å². The standard InChI is InChI=1S/C16H20INO4/c1-12(19)21-11-22-16(20)15(17)14-7-8-18(10-14)9-13-5-3-2-4-6-13/h2-6,14-15H,7-11H2,1H3. The summed E-state index contributed by atoms with van der Waals surface area (Å²) in [4.78, 5) is 24.9. The van der Waals surface area contributed by atoms with E-state index in [4.69, 9.17) is 4.74 Å². The Labute approximate surface area is 144 Å². The van der Waals surface area contributed by atoms with Crippen molar-refractivity contribution < 1.29 is 19.1 Å². The van der Waals surface area contributed by atoms with Crippen LogP contribution in [-0.4, -0.2) is 40.6 Å². The Morgan fingerprint density at radius 1 is 1.32 bits per heavy atom. The molecule has 1 aliphatic rings. The molecule has 1 aromatic rings. The van der Waals surface area contributed by atoms with Gasteiger partial charge in [0.1, 0.15) is 3.92 Å². The zero-order valence-corrected chi connectivity index (χ0v) is 14.7. The fourth-order valence-corrected chi connectivity index (χ4v) is 3.30. The molecule has 1 aromatic carbocycles. The topological polar surface area (TPSA) is 55.8 Å². The lowest BCUT2D eigenvalue weighted by Gasteiger charge is -2.18. The summed E-state index contributed by atoms with van der Waals surface area (Å²) in [5.41, 5.74) is 1.28. The number of alkyl halides is 1. The van der Waals surface area contributed by atoms with Crippen molar-refractivity contribution >= 4 is 34.5 Å². The van der Waals surface area contributed by atoms with E-state index in [1.165, 1.54) is 12.5 Å². The van der Waals surface area contributed by atoms with Crippen molar-refractivity contribution in [2.24, 2.45) is 5.92 Å². The van der Waals surface area contributed by atoms with E-state index in [9.17, 15) is 9.59 Å². The maximum absolute atomic E-state index is 11.9. The number of nitrogens with zero attached hydrogens (tertiary/aromatic N) is 1.